The van der Waals surface area contributed by atoms with Crippen LogP contribution in [0, 0.1) is 0 Å². The second kappa shape index (κ2) is 5.45. The number of fused-ring (bicyclic) bond motifs is 2. The molecule has 0 saturated heterocycles. The fourth-order valence-electron chi connectivity index (χ4n) is 3.11. The molecule has 2 heterocycles. The molecule has 0 radical (unpaired) electrons. The standard InChI is InChI=1S/C17H14BrNO4/c1-21-14-3-2-9(18)4-12(14)10-6-17(20)19-13-7-16-15(5-11(10)13)22-8-23-16/h2-5,7,10H,6,8H2,1H3,(H,19,20)/t10-/m1/s1. The molecule has 2 aliphatic heterocycles. The van der Waals surface area contributed by atoms with E-state index < -0.39 is 0 Å². The molecule has 1 N–H and O–H groups in total. The highest BCUT2D eigenvalue weighted by atomic mass is 79.9. The van der Waals surface area contributed by atoms with E-state index in [4.69, 9.17) is 14.2 Å². The SMILES string of the molecule is COc1ccc(Br)cc1[C@@H]1CC(=O)Nc2cc3c(cc21)OCO3. The van der Waals surface area contributed by atoms with Gasteiger partial charge in [0, 0.05) is 34.1 Å². The van der Waals surface area contributed by atoms with E-state index in [-0.39, 0.29) is 18.6 Å². The maximum Gasteiger partial charge on any atom is 0.231 e. The van der Waals surface area contributed by atoms with Gasteiger partial charge in [-0.05, 0) is 29.8 Å². The van der Waals surface area contributed by atoms with Crippen molar-refractivity contribution in [3.8, 4) is 17.2 Å². The van der Waals surface area contributed by atoms with Gasteiger partial charge < -0.3 is 19.5 Å². The summed E-state index contributed by atoms with van der Waals surface area (Å²) in [4.78, 5) is 12.2. The highest BCUT2D eigenvalue weighted by Gasteiger charge is 2.31. The first-order chi connectivity index (χ1) is 11.2. The molecule has 23 heavy (non-hydrogen) atoms. The molecule has 4 rings (SSSR count). The van der Waals surface area contributed by atoms with Gasteiger partial charge in [-0.1, -0.05) is 15.9 Å². The molecule has 118 valence electrons. The summed E-state index contributed by atoms with van der Waals surface area (Å²) in [5, 5.41) is 2.91. The highest BCUT2D eigenvalue weighted by molar-refractivity contribution is 9.10. The first-order valence-corrected chi connectivity index (χ1v) is 8.02. The number of rotatable bonds is 2. The van der Waals surface area contributed by atoms with Gasteiger partial charge in [0.25, 0.3) is 0 Å². The van der Waals surface area contributed by atoms with E-state index >= 15 is 0 Å². The van der Waals surface area contributed by atoms with Crippen LogP contribution in [0.4, 0.5) is 5.69 Å². The van der Waals surface area contributed by atoms with Gasteiger partial charge in [0.05, 0.1) is 7.11 Å². The zero-order valence-electron chi connectivity index (χ0n) is 12.4. The Hall–Kier alpha value is -2.21. The summed E-state index contributed by atoms with van der Waals surface area (Å²) in [5.74, 6) is 2.00. The molecule has 0 fully saturated rings. The third kappa shape index (κ3) is 2.43. The Labute approximate surface area is 141 Å². The molecule has 6 heteroatoms. The molecule has 2 aromatic rings. The van der Waals surface area contributed by atoms with Crippen molar-refractivity contribution in [2.24, 2.45) is 0 Å². The Morgan fingerprint density at radius 2 is 1.96 bits per heavy atom. The Bertz CT molecular complexity index is 805. The van der Waals surface area contributed by atoms with Crippen LogP contribution in [0.2, 0.25) is 0 Å². The Balaban J connectivity index is 1.88. The van der Waals surface area contributed by atoms with Crippen LogP contribution >= 0.6 is 15.9 Å². The van der Waals surface area contributed by atoms with Crippen LogP contribution in [0.5, 0.6) is 17.2 Å². The van der Waals surface area contributed by atoms with Gasteiger partial charge in [0.15, 0.2) is 11.5 Å². The van der Waals surface area contributed by atoms with Crippen LogP contribution in [0.3, 0.4) is 0 Å². The summed E-state index contributed by atoms with van der Waals surface area (Å²) in [6.07, 6.45) is 0.361. The molecular formula is C17H14BrNO4. The first kappa shape index (κ1) is 14.4. The molecular weight excluding hydrogens is 362 g/mol. The van der Waals surface area contributed by atoms with Gasteiger partial charge in [-0.3, -0.25) is 4.79 Å². The smallest absolute Gasteiger partial charge is 0.231 e. The number of ether oxygens (including phenoxy) is 3. The predicted octanol–water partition coefficient (Wildman–Crippen LogP) is 3.66. The number of hydrogen-bond donors (Lipinski definition) is 1. The number of benzene rings is 2. The van der Waals surface area contributed by atoms with Gasteiger partial charge >= 0.3 is 0 Å². The lowest BCUT2D eigenvalue weighted by Gasteiger charge is -2.27. The van der Waals surface area contributed by atoms with Gasteiger partial charge in [0.1, 0.15) is 5.75 Å². The number of methoxy groups -OCH3 is 1. The molecule has 0 spiro atoms. The van der Waals surface area contributed by atoms with Crippen molar-refractivity contribution in [3.63, 3.8) is 0 Å². The molecule has 1 amide bonds. The number of nitrogens with one attached hydrogen (secondary N) is 1. The third-order valence-corrected chi connectivity index (χ3v) is 4.64. The van der Waals surface area contributed by atoms with E-state index in [1.165, 1.54) is 0 Å². The average molecular weight is 376 g/mol. The maximum absolute atomic E-state index is 12.2. The molecule has 0 aliphatic carbocycles. The molecule has 0 aromatic heterocycles. The molecule has 0 unspecified atom stereocenters. The van der Waals surface area contributed by atoms with Crippen molar-refractivity contribution in [1.82, 2.24) is 0 Å². The zero-order chi connectivity index (χ0) is 16.0. The Kier molecular flexibility index (Phi) is 3.41. The van der Waals surface area contributed by atoms with Crippen LogP contribution in [0.1, 0.15) is 23.5 Å². The van der Waals surface area contributed by atoms with Crippen LogP contribution in [-0.4, -0.2) is 19.8 Å². The van der Waals surface area contributed by atoms with Crippen molar-refractivity contribution < 1.29 is 19.0 Å². The van der Waals surface area contributed by atoms with E-state index in [0.717, 1.165) is 27.0 Å². The Morgan fingerprint density at radius 3 is 2.74 bits per heavy atom. The quantitative estimate of drug-likeness (QED) is 0.869. The van der Waals surface area contributed by atoms with Crippen LogP contribution in [-0.2, 0) is 4.79 Å². The minimum Gasteiger partial charge on any atom is -0.496 e. The van der Waals surface area contributed by atoms with Gasteiger partial charge in [-0.25, -0.2) is 0 Å². The van der Waals surface area contributed by atoms with E-state index in [9.17, 15) is 4.79 Å². The summed E-state index contributed by atoms with van der Waals surface area (Å²) in [6, 6.07) is 9.59. The summed E-state index contributed by atoms with van der Waals surface area (Å²) in [7, 11) is 1.64. The number of anilines is 1. The van der Waals surface area contributed by atoms with E-state index in [0.29, 0.717) is 17.9 Å². The second-order valence-electron chi connectivity index (χ2n) is 5.48. The molecule has 2 aromatic carbocycles. The summed E-state index contributed by atoms with van der Waals surface area (Å²) < 4.78 is 17.3. The molecule has 0 saturated carbocycles. The summed E-state index contributed by atoms with van der Waals surface area (Å²) in [6.45, 7) is 0.205. The van der Waals surface area contributed by atoms with Crippen LogP contribution < -0.4 is 19.5 Å². The number of amides is 1. The maximum atomic E-state index is 12.2. The minimum absolute atomic E-state index is 0.0246. The topological polar surface area (TPSA) is 56.8 Å². The highest BCUT2D eigenvalue weighted by Crippen LogP contribution is 2.46. The Morgan fingerprint density at radius 1 is 1.17 bits per heavy atom. The molecule has 2 aliphatic rings. The van der Waals surface area contributed by atoms with Crippen LogP contribution in [0.25, 0.3) is 0 Å². The first-order valence-electron chi connectivity index (χ1n) is 7.22. The fourth-order valence-corrected chi connectivity index (χ4v) is 3.48. The summed E-state index contributed by atoms with van der Waals surface area (Å²) >= 11 is 3.50. The summed E-state index contributed by atoms with van der Waals surface area (Å²) in [5.41, 5.74) is 2.74. The van der Waals surface area contributed by atoms with Crippen LogP contribution in [0.15, 0.2) is 34.8 Å². The third-order valence-electron chi connectivity index (χ3n) is 4.15. The van der Waals surface area contributed by atoms with Crippen molar-refractivity contribution >= 4 is 27.5 Å². The van der Waals surface area contributed by atoms with E-state index in [2.05, 4.69) is 21.2 Å². The van der Waals surface area contributed by atoms with E-state index in [1.807, 2.05) is 30.3 Å². The lowest BCUT2D eigenvalue weighted by atomic mass is 9.84. The van der Waals surface area contributed by atoms with E-state index in [1.54, 1.807) is 7.11 Å². The normalized spacial score (nSPS) is 18.3. The molecule has 0 bridgehead atoms. The van der Waals surface area contributed by atoms with Crippen molar-refractivity contribution in [2.45, 2.75) is 12.3 Å². The lowest BCUT2D eigenvalue weighted by molar-refractivity contribution is -0.116. The predicted molar refractivity (Wildman–Crippen MR) is 88.3 cm³/mol. The number of carbonyl (C=O) groups excluding carboxylic acids is 1. The molecule has 1 atom stereocenters. The van der Waals surface area contributed by atoms with Gasteiger partial charge in [0.2, 0.25) is 12.7 Å². The van der Waals surface area contributed by atoms with Gasteiger partial charge in [-0.2, -0.15) is 0 Å². The number of hydrogen-bond acceptors (Lipinski definition) is 4. The lowest BCUT2D eigenvalue weighted by Crippen LogP contribution is -2.23. The van der Waals surface area contributed by atoms with Gasteiger partial charge in [-0.15, -0.1) is 0 Å². The minimum atomic E-state index is -0.0966. The number of carbonyl (C=O) groups is 1. The van der Waals surface area contributed by atoms with Crippen molar-refractivity contribution in [1.29, 1.82) is 0 Å². The second-order valence-corrected chi connectivity index (χ2v) is 6.40. The molecule has 5 nitrogen and oxygen atoms in total. The monoisotopic (exact) mass is 375 g/mol. The average Bonchev–Trinajstić information content (AvgIpc) is 2.99. The van der Waals surface area contributed by atoms with Crippen molar-refractivity contribution in [2.75, 3.05) is 19.2 Å². The zero-order valence-corrected chi connectivity index (χ0v) is 14.0. The fraction of sp³-hybridized carbons (Fsp3) is 0.235. The van der Waals surface area contributed by atoms with Crippen molar-refractivity contribution in [3.05, 3.63) is 45.9 Å². The largest absolute Gasteiger partial charge is 0.496 e. The number of halogens is 1.